The number of hydrogen-bond donors (Lipinski definition) is 2. The molecule has 1 unspecified atom stereocenters. The Morgan fingerprint density at radius 2 is 1.68 bits per heavy atom. The second-order valence-corrected chi connectivity index (χ2v) is 10.4. The molecule has 1 aliphatic carbocycles. The molecule has 4 rings (SSSR count). The molecule has 1 aromatic heterocycles. The molecule has 1 aromatic carbocycles. The minimum atomic E-state index is -1.32. The van der Waals surface area contributed by atoms with Crippen LogP contribution < -0.4 is 10.1 Å². The third-order valence-corrected chi connectivity index (χ3v) is 7.47. The van der Waals surface area contributed by atoms with Crippen LogP contribution in [0.1, 0.15) is 56.4 Å². The first-order valence-electron chi connectivity index (χ1n) is 14.5. The largest absolute Gasteiger partial charge is 0.481 e. The highest BCUT2D eigenvalue weighted by Gasteiger charge is 2.49. The van der Waals surface area contributed by atoms with Gasteiger partial charge in [-0.1, -0.05) is 12.1 Å². The van der Waals surface area contributed by atoms with E-state index < -0.39 is 53.7 Å². The molecule has 2 N–H and O–H groups in total. The van der Waals surface area contributed by atoms with Crippen LogP contribution in [-0.4, -0.2) is 106 Å². The van der Waals surface area contributed by atoms with Gasteiger partial charge < -0.3 is 34.4 Å². The van der Waals surface area contributed by atoms with Gasteiger partial charge in [-0.15, -0.1) is 0 Å². The molecule has 238 valence electrons. The number of piperazine rings is 1. The highest BCUT2D eigenvalue weighted by molar-refractivity contribution is 5.96. The fourth-order valence-corrected chi connectivity index (χ4v) is 4.95. The molecular weight excluding hydrogens is 581 g/mol. The van der Waals surface area contributed by atoms with E-state index in [0.29, 0.717) is 19.3 Å². The van der Waals surface area contributed by atoms with Gasteiger partial charge >= 0.3 is 18.0 Å². The topological polar surface area (TPSA) is 170 Å². The Morgan fingerprint density at radius 3 is 2.27 bits per heavy atom. The lowest BCUT2D eigenvalue weighted by Crippen LogP contribution is -2.56. The minimum absolute atomic E-state index is 0.0437. The van der Waals surface area contributed by atoms with E-state index in [4.69, 9.17) is 14.2 Å². The first kappa shape index (κ1) is 32.2. The number of benzene rings is 1. The van der Waals surface area contributed by atoms with Crippen LogP contribution in [0.5, 0.6) is 5.88 Å². The summed E-state index contributed by atoms with van der Waals surface area (Å²) in [4.78, 5) is 65.9. The average Bonchev–Trinajstić information content (AvgIpc) is 3.40. The molecule has 15 heteroatoms. The van der Waals surface area contributed by atoms with Crippen molar-refractivity contribution in [2.75, 3.05) is 39.4 Å². The number of carboxylic acid groups (broad SMARTS) is 1. The Kier molecular flexibility index (Phi) is 10.4. The lowest BCUT2D eigenvalue weighted by Gasteiger charge is -2.38. The lowest BCUT2D eigenvalue weighted by atomic mass is 9.80. The fraction of sp³-hybridized carbons (Fsp3) is 0.517. The Labute approximate surface area is 253 Å². The van der Waals surface area contributed by atoms with E-state index in [1.54, 1.807) is 19.9 Å². The van der Waals surface area contributed by atoms with E-state index in [2.05, 4.69) is 10.4 Å². The summed E-state index contributed by atoms with van der Waals surface area (Å²) in [5.74, 6) is -3.85. The molecule has 0 bridgehead atoms. The van der Waals surface area contributed by atoms with Crippen LogP contribution in [0.3, 0.4) is 0 Å². The van der Waals surface area contributed by atoms with Gasteiger partial charge in [0.2, 0.25) is 17.4 Å². The minimum Gasteiger partial charge on any atom is -0.481 e. The van der Waals surface area contributed by atoms with Crippen molar-refractivity contribution in [1.82, 2.24) is 24.9 Å². The number of nitrogens with zero attached hydrogens (tertiary/aromatic N) is 4. The summed E-state index contributed by atoms with van der Waals surface area (Å²) >= 11 is 0. The molecule has 0 radical (unpaired) electrons. The summed E-state index contributed by atoms with van der Waals surface area (Å²) in [7, 11) is 0. The number of nitrogens with one attached hydrogen (secondary N) is 1. The van der Waals surface area contributed by atoms with E-state index in [-0.39, 0.29) is 63.1 Å². The van der Waals surface area contributed by atoms with Crippen LogP contribution in [0.25, 0.3) is 5.69 Å². The van der Waals surface area contributed by atoms with Crippen molar-refractivity contribution in [2.45, 2.75) is 57.6 Å². The summed E-state index contributed by atoms with van der Waals surface area (Å²) < 4.78 is 32.2. The number of halogens is 1. The predicted molar refractivity (Wildman–Crippen MR) is 151 cm³/mol. The van der Waals surface area contributed by atoms with Crippen molar-refractivity contribution in [3.8, 4) is 11.6 Å². The SMILES string of the molecule is CCOC(=O)N1CCN(C(=O)C(CCC(=O)O)NC(=O)c2cc(OC3(C(=O)OCC)CCC3)n(-c3ccccc3F)n2)CC1. The van der Waals surface area contributed by atoms with Gasteiger partial charge in [-0.05, 0) is 51.7 Å². The number of hydrogen-bond acceptors (Lipinski definition) is 9. The van der Waals surface area contributed by atoms with Crippen molar-refractivity contribution in [1.29, 1.82) is 0 Å². The molecule has 14 nitrogen and oxygen atoms in total. The second-order valence-electron chi connectivity index (χ2n) is 10.4. The standard InChI is InChI=1S/C29H36FN5O9/c1-3-42-27(40)29(12-7-13-29)44-23-18-21(32-35(23)22-9-6-5-8-19(22)30)25(38)31-20(10-11-24(36)37)26(39)33-14-16-34(17-15-33)28(41)43-4-2/h5-6,8-9,18,20H,3-4,7,10-17H2,1-2H3,(H,31,38)(H,36,37). The number of ether oxygens (including phenoxy) is 3. The van der Waals surface area contributed by atoms with Gasteiger partial charge in [-0.3, -0.25) is 14.4 Å². The number of aliphatic carboxylic acids is 1. The van der Waals surface area contributed by atoms with Gasteiger partial charge in [-0.25, -0.2) is 14.0 Å². The summed E-state index contributed by atoms with van der Waals surface area (Å²) in [5.41, 5.74) is -1.61. The van der Waals surface area contributed by atoms with Crippen molar-refractivity contribution < 1.29 is 47.7 Å². The zero-order valence-electron chi connectivity index (χ0n) is 24.6. The van der Waals surface area contributed by atoms with E-state index in [9.17, 15) is 33.5 Å². The predicted octanol–water partition coefficient (Wildman–Crippen LogP) is 2.14. The van der Waals surface area contributed by atoms with Crippen LogP contribution in [0.4, 0.5) is 9.18 Å². The molecule has 0 spiro atoms. The summed E-state index contributed by atoms with van der Waals surface area (Å²) in [6.07, 6.45) is 0.295. The average molecular weight is 618 g/mol. The zero-order valence-corrected chi connectivity index (χ0v) is 24.6. The summed E-state index contributed by atoms with van der Waals surface area (Å²) in [5, 5.41) is 16.1. The van der Waals surface area contributed by atoms with Crippen LogP contribution in [-0.2, 0) is 23.9 Å². The highest BCUT2D eigenvalue weighted by Crippen LogP contribution is 2.39. The number of rotatable bonds is 12. The number of esters is 1. The van der Waals surface area contributed by atoms with Gasteiger partial charge in [0, 0.05) is 38.7 Å². The van der Waals surface area contributed by atoms with Crippen LogP contribution in [0.15, 0.2) is 30.3 Å². The molecule has 2 heterocycles. The molecule has 1 aliphatic heterocycles. The van der Waals surface area contributed by atoms with Crippen molar-refractivity contribution in [3.63, 3.8) is 0 Å². The zero-order chi connectivity index (χ0) is 31.9. The third kappa shape index (κ3) is 7.26. The highest BCUT2D eigenvalue weighted by atomic mass is 19.1. The van der Waals surface area contributed by atoms with Crippen LogP contribution in [0.2, 0.25) is 0 Å². The number of aromatic nitrogens is 2. The van der Waals surface area contributed by atoms with Crippen LogP contribution in [0, 0.1) is 5.82 Å². The Balaban J connectivity index is 1.57. The van der Waals surface area contributed by atoms with Crippen molar-refractivity contribution >= 4 is 29.8 Å². The van der Waals surface area contributed by atoms with Gasteiger partial charge in [0.15, 0.2) is 5.69 Å². The molecule has 3 amide bonds. The fourth-order valence-electron chi connectivity index (χ4n) is 4.95. The molecule has 1 atom stereocenters. The number of amides is 3. The molecule has 2 aromatic rings. The van der Waals surface area contributed by atoms with Crippen LogP contribution >= 0.6 is 0 Å². The Bertz CT molecular complexity index is 1380. The lowest BCUT2D eigenvalue weighted by molar-refractivity contribution is -0.170. The first-order chi connectivity index (χ1) is 21.1. The van der Waals surface area contributed by atoms with Gasteiger partial charge in [-0.2, -0.15) is 9.78 Å². The smallest absolute Gasteiger partial charge is 0.409 e. The Morgan fingerprint density at radius 1 is 1.02 bits per heavy atom. The molecule has 1 saturated heterocycles. The third-order valence-electron chi connectivity index (χ3n) is 7.47. The number of carbonyl (C=O) groups is 5. The van der Waals surface area contributed by atoms with Gasteiger partial charge in [0.05, 0.1) is 13.2 Å². The van der Waals surface area contributed by atoms with E-state index >= 15 is 0 Å². The van der Waals surface area contributed by atoms with E-state index in [1.165, 1.54) is 34.1 Å². The van der Waals surface area contributed by atoms with Crippen molar-refractivity contribution in [2.24, 2.45) is 0 Å². The monoisotopic (exact) mass is 617 g/mol. The first-order valence-corrected chi connectivity index (χ1v) is 14.5. The quantitative estimate of drug-likeness (QED) is 0.337. The second kappa shape index (κ2) is 14.2. The van der Waals surface area contributed by atoms with Gasteiger partial charge in [0.1, 0.15) is 17.5 Å². The number of carboxylic acids is 1. The molecule has 2 fully saturated rings. The van der Waals surface area contributed by atoms with E-state index in [1.807, 2.05) is 0 Å². The molecule has 2 aliphatic rings. The number of para-hydroxylation sites is 1. The molecule has 44 heavy (non-hydrogen) atoms. The maximum Gasteiger partial charge on any atom is 0.409 e. The molecular formula is C29H36FN5O9. The normalized spacial score (nSPS) is 16.3. The maximum absolute atomic E-state index is 14.8. The molecule has 1 saturated carbocycles. The number of carbonyl (C=O) groups excluding carboxylic acids is 4. The van der Waals surface area contributed by atoms with Gasteiger partial charge in [0.25, 0.3) is 5.91 Å². The summed E-state index contributed by atoms with van der Waals surface area (Å²) in [6.45, 7) is 4.44. The Hall–Kier alpha value is -4.69. The van der Waals surface area contributed by atoms with E-state index in [0.717, 1.165) is 4.68 Å². The van der Waals surface area contributed by atoms with Crippen molar-refractivity contribution in [3.05, 3.63) is 41.8 Å². The summed E-state index contributed by atoms with van der Waals surface area (Å²) in [6, 6.07) is 5.67. The maximum atomic E-state index is 14.8.